The summed E-state index contributed by atoms with van der Waals surface area (Å²) < 4.78 is 0. The number of hydrogen-bond acceptors (Lipinski definition) is 4. The number of hydrazine groups is 1. The van der Waals surface area contributed by atoms with Crippen molar-refractivity contribution in [1.82, 2.24) is 9.97 Å². The Labute approximate surface area is 76.0 Å². The number of hydrogen-bond donors (Lipinski definition) is 1. The summed E-state index contributed by atoms with van der Waals surface area (Å²) in [6, 6.07) is 7.77. The van der Waals surface area contributed by atoms with Crippen molar-refractivity contribution in [3.05, 3.63) is 30.6 Å². The van der Waals surface area contributed by atoms with Gasteiger partial charge in [-0.1, -0.05) is 12.1 Å². The van der Waals surface area contributed by atoms with E-state index in [9.17, 15) is 0 Å². The van der Waals surface area contributed by atoms with Crippen molar-refractivity contribution < 1.29 is 0 Å². The van der Waals surface area contributed by atoms with E-state index in [2.05, 4.69) is 9.97 Å². The Hall–Kier alpha value is -1.68. The highest BCUT2D eigenvalue weighted by Gasteiger charge is 2.03. The maximum atomic E-state index is 5.62. The second-order valence-electron chi connectivity index (χ2n) is 2.83. The maximum absolute atomic E-state index is 5.62. The molecule has 13 heavy (non-hydrogen) atoms. The lowest BCUT2D eigenvalue weighted by molar-refractivity contribution is 0.978. The van der Waals surface area contributed by atoms with Gasteiger partial charge in [0.2, 0.25) is 0 Å². The molecule has 2 N–H and O–H groups in total. The van der Waals surface area contributed by atoms with Gasteiger partial charge in [-0.25, -0.2) is 15.8 Å². The Balaban J connectivity index is 2.76. The van der Waals surface area contributed by atoms with Crippen LogP contribution in [0.3, 0.4) is 0 Å². The first-order valence-corrected chi connectivity index (χ1v) is 3.97. The first kappa shape index (κ1) is 7.94. The van der Waals surface area contributed by atoms with Crippen molar-refractivity contribution in [2.45, 2.75) is 0 Å². The van der Waals surface area contributed by atoms with Crippen LogP contribution in [0.5, 0.6) is 0 Å². The summed E-state index contributed by atoms with van der Waals surface area (Å²) in [5.74, 6) is 6.36. The van der Waals surface area contributed by atoms with Crippen molar-refractivity contribution in [3.8, 4) is 0 Å². The first-order chi connectivity index (χ1) is 6.29. The fourth-order valence-corrected chi connectivity index (χ4v) is 1.27. The molecule has 0 atom stereocenters. The molecule has 0 saturated carbocycles. The van der Waals surface area contributed by atoms with Gasteiger partial charge in [-0.15, -0.1) is 0 Å². The summed E-state index contributed by atoms with van der Waals surface area (Å²) >= 11 is 0. The maximum Gasteiger partial charge on any atom is 0.153 e. The van der Waals surface area contributed by atoms with Gasteiger partial charge in [0, 0.05) is 12.4 Å². The Kier molecular flexibility index (Phi) is 1.83. The summed E-state index contributed by atoms with van der Waals surface area (Å²) in [4.78, 5) is 8.23. The second-order valence-corrected chi connectivity index (χ2v) is 2.83. The highest BCUT2D eigenvalue weighted by Crippen LogP contribution is 2.19. The van der Waals surface area contributed by atoms with Gasteiger partial charge in [0.15, 0.2) is 5.82 Å². The van der Waals surface area contributed by atoms with Crippen molar-refractivity contribution in [3.63, 3.8) is 0 Å². The topological polar surface area (TPSA) is 55.0 Å². The number of rotatable bonds is 1. The third-order valence-electron chi connectivity index (χ3n) is 1.86. The van der Waals surface area contributed by atoms with E-state index in [1.807, 2.05) is 24.3 Å². The molecule has 0 spiro atoms. The van der Waals surface area contributed by atoms with Crippen molar-refractivity contribution in [1.29, 1.82) is 0 Å². The molecule has 66 valence electrons. The Morgan fingerprint density at radius 1 is 1.23 bits per heavy atom. The van der Waals surface area contributed by atoms with E-state index in [1.165, 1.54) is 11.3 Å². The fraction of sp³-hybridized carbons (Fsp3) is 0.111. The molecule has 1 aromatic heterocycles. The molecule has 4 heteroatoms. The molecule has 0 aliphatic carbocycles. The van der Waals surface area contributed by atoms with Crippen LogP contribution in [0, 0.1) is 0 Å². The molecule has 0 amide bonds. The van der Waals surface area contributed by atoms with E-state index in [1.54, 1.807) is 7.05 Å². The first-order valence-electron chi connectivity index (χ1n) is 3.97. The Morgan fingerprint density at radius 2 is 2.00 bits per heavy atom. The van der Waals surface area contributed by atoms with Gasteiger partial charge in [-0.05, 0) is 12.1 Å². The number of nitrogens with two attached hydrogens (primary N) is 1. The summed E-state index contributed by atoms with van der Waals surface area (Å²) in [7, 11) is 1.76. The third-order valence-corrected chi connectivity index (χ3v) is 1.86. The summed E-state index contributed by atoms with van der Waals surface area (Å²) in [6.07, 6.45) is 1.51. The van der Waals surface area contributed by atoms with Gasteiger partial charge >= 0.3 is 0 Å². The Morgan fingerprint density at radius 3 is 2.77 bits per heavy atom. The molecule has 2 aromatic rings. The molecular weight excluding hydrogens is 164 g/mol. The van der Waals surface area contributed by atoms with Crippen LogP contribution < -0.4 is 10.9 Å². The van der Waals surface area contributed by atoms with Gasteiger partial charge in [0.25, 0.3) is 0 Å². The van der Waals surface area contributed by atoms with Crippen LogP contribution >= 0.6 is 0 Å². The standard InChI is InChI=1S/C9H10N4/c1-13(10)9-7-4-2-3-5-8(7)11-6-12-9/h2-6H,10H2,1H3. The lowest BCUT2D eigenvalue weighted by atomic mass is 10.2. The van der Waals surface area contributed by atoms with Crippen LogP contribution in [0.25, 0.3) is 10.9 Å². The van der Waals surface area contributed by atoms with Crippen LogP contribution in [0.1, 0.15) is 0 Å². The molecule has 0 fully saturated rings. The van der Waals surface area contributed by atoms with E-state index in [0.29, 0.717) is 0 Å². The number of aromatic nitrogens is 2. The zero-order chi connectivity index (χ0) is 9.26. The highest BCUT2D eigenvalue weighted by atomic mass is 15.4. The van der Waals surface area contributed by atoms with Crippen LogP contribution in [-0.4, -0.2) is 17.0 Å². The van der Waals surface area contributed by atoms with Gasteiger partial charge < -0.3 is 0 Å². The lowest BCUT2D eigenvalue weighted by Gasteiger charge is -2.12. The third kappa shape index (κ3) is 1.31. The minimum atomic E-state index is 0.741. The molecule has 0 unspecified atom stereocenters. The molecular formula is C9H10N4. The molecule has 1 aromatic carbocycles. The van der Waals surface area contributed by atoms with Crippen molar-refractivity contribution in [2.75, 3.05) is 12.1 Å². The van der Waals surface area contributed by atoms with Gasteiger partial charge in [0.1, 0.15) is 6.33 Å². The lowest BCUT2D eigenvalue weighted by Crippen LogP contribution is -2.26. The molecule has 4 nitrogen and oxygen atoms in total. The number of para-hydroxylation sites is 1. The van der Waals surface area contributed by atoms with Crippen LogP contribution in [0.4, 0.5) is 5.82 Å². The van der Waals surface area contributed by atoms with Crippen LogP contribution in [0.15, 0.2) is 30.6 Å². The minimum absolute atomic E-state index is 0.741. The van der Waals surface area contributed by atoms with E-state index < -0.39 is 0 Å². The largest absolute Gasteiger partial charge is 0.297 e. The average Bonchev–Trinajstić information content (AvgIpc) is 2.17. The highest BCUT2D eigenvalue weighted by molar-refractivity contribution is 5.88. The van der Waals surface area contributed by atoms with E-state index in [-0.39, 0.29) is 0 Å². The van der Waals surface area contributed by atoms with E-state index >= 15 is 0 Å². The predicted octanol–water partition coefficient (Wildman–Crippen LogP) is 0.940. The molecule has 0 aliphatic rings. The number of nitrogens with zero attached hydrogens (tertiary/aromatic N) is 3. The van der Waals surface area contributed by atoms with E-state index in [4.69, 9.17) is 5.84 Å². The van der Waals surface area contributed by atoms with Crippen LogP contribution in [0.2, 0.25) is 0 Å². The quantitative estimate of drug-likeness (QED) is 0.516. The number of fused-ring (bicyclic) bond motifs is 1. The molecule has 0 bridgehead atoms. The zero-order valence-corrected chi connectivity index (χ0v) is 7.31. The molecule has 2 rings (SSSR count). The summed E-state index contributed by atoms with van der Waals surface area (Å²) in [5, 5.41) is 2.46. The smallest absolute Gasteiger partial charge is 0.153 e. The van der Waals surface area contributed by atoms with Crippen molar-refractivity contribution >= 4 is 16.7 Å². The van der Waals surface area contributed by atoms with Crippen molar-refractivity contribution in [2.24, 2.45) is 5.84 Å². The molecule has 0 radical (unpaired) electrons. The van der Waals surface area contributed by atoms with Gasteiger partial charge in [-0.3, -0.25) is 5.01 Å². The number of benzene rings is 1. The Bertz CT molecular complexity index is 419. The zero-order valence-electron chi connectivity index (χ0n) is 7.31. The summed E-state index contributed by atoms with van der Waals surface area (Å²) in [6.45, 7) is 0. The monoisotopic (exact) mass is 174 g/mol. The van der Waals surface area contributed by atoms with E-state index in [0.717, 1.165) is 16.7 Å². The summed E-state index contributed by atoms with van der Waals surface area (Å²) in [5.41, 5.74) is 0.907. The molecule has 0 aliphatic heterocycles. The van der Waals surface area contributed by atoms with Crippen LogP contribution in [-0.2, 0) is 0 Å². The SMILES string of the molecule is CN(N)c1ncnc2ccccc12. The fourth-order valence-electron chi connectivity index (χ4n) is 1.27. The normalized spacial score (nSPS) is 10.3. The van der Waals surface area contributed by atoms with Gasteiger partial charge in [0.05, 0.1) is 5.52 Å². The molecule has 1 heterocycles. The number of anilines is 1. The predicted molar refractivity (Wildman–Crippen MR) is 52.1 cm³/mol. The van der Waals surface area contributed by atoms with Gasteiger partial charge in [-0.2, -0.15) is 0 Å². The average molecular weight is 174 g/mol. The molecule has 0 saturated heterocycles. The second kappa shape index (κ2) is 2.99. The minimum Gasteiger partial charge on any atom is -0.297 e.